The van der Waals surface area contributed by atoms with Crippen LogP contribution in [0.15, 0.2) is 33.7 Å². The predicted molar refractivity (Wildman–Crippen MR) is 89.1 cm³/mol. The smallest absolute Gasteiger partial charge is 0.258 e. The molecule has 0 saturated carbocycles. The number of amides is 1. The molecule has 1 aliphatic heterocycles. The molecular formula is C17H19N5O4. The standard InChI is InChI=1S/C17H19N5O4/c1-10-18-16(26-20-10)14-6-12(24-3)7-22(14)17(23)13-8-21(2)19-15(13)11-4-5-25-9-11/h4-5,8-9,12,14H,6-7H2,1-3H3/t12-,14+/m0/s1. The van der Waals surface area contributed by atoms with E-state index in [9.17, 15) is 4.79 Å². The number of carbonyl (C=O) groups excluding carboxylic acids is 1. The average Bonchev–Trinajstić information content (AvgIpc) is 3.39. The van der Waals surface area contributed by atoms with Gasteiger partial charge in [0.15, 0.2) is 5.82 Å². The van der Waals surface area contributed by atoms with Crippen molar-refractivity contribution < 1.29 is 18.5 Å². The highest BCUT2D eigenvalue weighted by Gasteiger charge is 2.41. The van der Waals surface area contributed by atoms with E-state index in [1.807, 2.05) is 0 Å². The van der Waals surface area contributed by atoms with Gasteiger partial charge in [0.1, 0.15) is 11.7 Å². The first-order valence-corrected chi connectivity index (χ1v) is 8.27. The van der Waals surface area contributed by atoms with Crippen molar-refractivity contribution in [2.45, 2.75) is 25.5 Å². The summed E-state index contributed by atoms with van der Waals surface area (Å²) in [6.07, 6.45) is 5.34. The summed E-state index contributed by atoms with van der Waals surface area (Å²) in [7, 11) is 3.41. The fourth-order valence-electron chi connectivity index (χ4n) is 3.29. The lowest BCUT2D eigenvalue weighted by Gasteiger charge is -2.21. The van der Waals surface area contributed by atoms with Gasteiger partial charge in [0.05, 0.1) is 24.2 Å². The van der Waals surface area contributed by atoms with Crippen molar-refractivity contribution in [1.29, 1.82) is 0 Å². The summed E-state index contributed by atoms with van der Waals surface area (Å²) in [5.74, 6) is 0.799. The lowest BCUT2D eigenvalue weighted by Crippen LogP contribution is -2.32. The van der Waals surface area contributed by atoms with Crippen molar-refractivity contribution in [1.82, 2.24) is 24.8 Å². The molecule has 0 unspecified atom stereocenters. The van der Waals surface area contributed by atoms with E-state index in [4.69, 9.17) is 13.7 Å². The second-order valence-electron chi connectivity index (χ2n) is 6.32. The Bertz CT molecular complexity index is 914. The van der Waals surface area contributed by atoms with Crippen LogP contribution in [0.2, 0.25) is 0 Å². The number of aromatic nitrogens is 4. The zero-order valence-electron chi connectivity index (χ0n) is 14.7. The first kappa shape index (κ1) is 16.5. The van der Waals surface area contributed by atoms with E-state index in [0.29, 0.717) is 35.9 Å². The zero-order valence-corrected chi connectivity index (χ0v) is 14.7. The number of methoxy groups -OCH3 is 1. The highest BCUT2D eigenvalue weighted by molar-refractivity contribution is 6.00. The molecule has 0 spiro atoms. The molecule has 3 aromatic rings. The number of ether oxygens (including phenoxy) is 1. The highest BCUT2D eigenvalue weighted by atomic mass is 16.5. The Labute approximate surface area is 149 Å². The number of hydrogen-bond donors (Lipinski definition) is 0. The van der Waals surface area contributed by atoms with E-state index < -0.39 is 0 Å². The minimum atomic E-state index is -0.328. The second-order valence-corrected chi connectivity index (χ2v) is 6.32. The molecule has 136 valence electrons. The molecule has 1 aliphatic rings. The third-order valence-electron chi connectivity index (χ3n) is 4.54. The number of furan rings is 1. The molecule has 4 heterocycles. The third-order valence-corrected chi connectivity index (χ3v) is 4.54. The van der Waals surface area contributed by atoms with E-state index in [-0.39, 0.29) is 18.1 Å². The fourth-order valence-corrected chi connectivity index (χ4v) is 3.29. The molecule has 2 atom stereocenters. The van der Waals surface area contributed by atoms with E-state index in [0.717, 1.165) is 5.56 Å². The molecule has 0 aromatic carbocycles. The summed E-state index contributed by atoms with van der Waals surface area (Å²) in [6.45, 7) is 2.20. The molecule has 0 aliphatic carbocycles. The maximum atomic E-state index is 13.3. The summed E-state index contributed by atoms with van der Waals surface area (Å²) in [5, 5.41) is 8.26. The molecule has 1 fully saturated rings. The molecule has 1 amide bonds. The number of carbonyl (C=O) groups is 1. The molecule has 3 aromatic heterocycles. The summed E-state index contributed by atoms with van der Waals surface area (Å²) >= 11 is 0. The third kappa shape index (κ3) is 2.80. The topological polar surface area (TPSA) is 99.4 Å². The number of aryl methyl sites for hydroxylation is 2. The van der Waals surface area contributed by atoms with Crippen LogP contribution in [0.1, 0.15) is 34.5 Å². The Kier molecular flexibility index (Phi) is 4.08. The number of nitrogens with zero attached hydrogens (tertiary/aromatic N) is 5. The molecular weight excluding hydrogens is 338 g/mol. The average molecular weight is 357 g/mol. The fraction of sp³-hybridized carbons (Fsp3) is 0.412. The Hall–Kier alpha value is -2.94. The molecule has 1 saturated heterocycles. The van der Waals surface area contributed by atoms with Crippen LogP contribution in [0.3, 0.4) is 0 Å². The second kappa shape index (κ2) is 6.41. The van der Waals surface area contributed by atoms with Gasteiger partial charge in [-0.15, -0.1) is 0 Å². The van der Waals surface area contributed by atoms with E-state index >= 15 is 0 Å². The molecule has 9 nitrogen and oxygen atoms in total. The van der Waals surface area contributed by atoms with Crippen molar-refractivity contribution in [2.75, 3.05) is 13.7 Å². The summed E-state index contributed by atoms with van der Waals surface area (Å²) in [5.41, 5.74) is 1.82. The van der Waals surface area contributed by atoms with Gasteiger partial charge in [-0.1, -0.05) is 5.16 Å². The van der Waals surface area contributed by atoms with Crippen molar-refractivity contribution in [3.05, 3.63) is 42.1 Å². The van der Waals surface area contributed by atoms with Crippen molar-refractivity contribution >= 4 is 5.91 Å². The Balaban J connectivity index is 1.70. The summed E-state index contributed by atoms with van der Waals surface area (Å²) in [6, 6.07) is 1.45. The van der Waals surface area contributed by atoms with Crippen molar-refractivity contribution in [3.63, 3.8) is 0 Å². The normalized spacial score (nSPS) is 20.0. The number of rotatable bonds is 4. The van der Waals surface area contributed by atoms with Crippen LogP contribution in [-0.4, -0.2) is 50.5 Å². The molecule has 0 N–H and O–H groups in total. The van der Waals surface area contributed by atoms with Gasteiger partial charge in [0.2, 0.25) is 5.89 Å². The Morgan fingerprint density at radius 1 is 1.42 bits per heavy atom. The van der Waals surface area contributed by atoms with Gasteiger partial charge in [-0.2, -0.15) is 10.1 Å². The number of hydrogen-bond acceptors (Lipinski definition) is 7. The first-order chi connectivity index (χ1) is 12.6. The molecule has 9 heteroatoms. The summed E-state index contributed by atoms with van der Waals surface area (Å²) in [4.78, 5) is 19.3. The van der Waals surface area contributed by atoms with E-state index in [1.165, 1.54) is 0 Å². The van der Waals surface area contributed by atoms with Crippen LogP contribution in [0.25, 0.3) is 11.3 Å². The van der Waals surface area contributed by atoms with Gasteiger partial charge < -0.3 is 18.6 Å². The maximum absolute atomic E-state index is 13.3. The maximum Gasteiger partial charge on any atom is 0.258 e. The van der Waals surface area contributed by atoms with Crippen molar-refractivity contribution in [3.8, 4) is 11.3 Å². The van der Waals surface area contributed by atoms with Crippen LogP contribution in [0.5, 0.6) is 0 Å². The minimum absolute atomic E-state index is 0.0924. The SMILES string of the molecule is CO[C@H]1C[C@H](c2nc(C)no2)N(C(=O)c2cn(C)nc2-c2ccoc2)C1. The predicted octanol–water partition coefficient (Wildman–Crippen LogP) is 1.97. The molecule has 26 heavy (non-hydrogen) atoms. The Morgan fingerprint density at radius 3 is 2.92 bits per heavy atom. The highest BCUT2D eigenvalue weighted by Crippen LogP contribution is 2.35. The van der Waals surface area contributed by atoms with Gasteiger partial charge in [-0.3, -0.25) is 9.48 Å². The van der Waals surface area contributed by atoms with Gasteiger partial charge >= 0.3 is 0 Å². The van der Waals surface area contributed by atoms with Crippen LogP contribution < -0.4 is 0 Å². The minimum Gasteiger partial charge on any atom is -0.472 e. The molecule has 0 radical (unpaired) electrons. The summed E-state index contributed by atoms with van der Waals surface area (Å²) < 4.78 is 17.5. The van der Waals surface area contributed by atoms with E-state index in [1.54, 1.807) is 55.5 Å². The molecule has 4 rings (SSSR count). The van der Waals surface area contributed by atoms with Crippen LogP contribution in [-0.2, 0) is 11.8 Å². The zero-order chi connectivity index (χ0) is 18.3. The van der Waals surface area contributed by atoms with Gasteiger partial charge in [0.25, 0.3) is 5.91 Å². The van der Waals surface area contributed by atoms with Crippen LogP contribution >= 0.6 is 0 Å². The molecule has 0 bridgehead atoms. The van der Waals surface area contributed by atoms with Gasteiger partial charge in [-0.25, -0.2) is 0 Å². The quantitative estimate of drug-likeness (QED) is 0.704. The largest absolute Gasteiger partial charge is 0.472 e. The van der Waals surface area contributed by atoms with Crippen LogP contribution in [0, 0.1) is 6.92 Å². The lowest BCUT2D eigenvalue weighted by atomic mass is 10.1. The van der Waals surface area contributed by atoms with Crippen molar-refractivity contribution in [2.24, 2.45) is 7.05 Å². The van der Waals surface area contributed by atoms with E-state index in [2.05, 4.69) is 15.2 Å². The van der Waals surface area contributed by atoms with Crippen LogP contribution in [0.4, 0.5) is 0 Å². The monoisotopic (exact) mass is 357 g/mol. The number of likely N-dealkylation sites (tertiary alicyclic amines) is 1. The van der Waals surface area contributed by atoms with Gasteiger partial charge in [0, 0.05) is 38.9 Å². The first-order valence-electron chi connectivity index (χ1n) is 8.27. The lowest BCUT2D eigenvalue weighted by molar-refractivity contribution is 0.0671. The Morgan fingerprint density at radius 2 is 2.27 bits per heavy atom. The van der Waals surface area contributed by atoms with Gasteiger partial charge in [-0.05, 0) is 13.0 Å².